The molecule has 2 N–H and O–H groups in total. The van der Waals surface area contributed by atoms with Crippen molar-refractivity contribution in [2.24, 2.45) is 0 Å². The van der Waals surface area contributed by atoms with Crippen molar-refractivity contribution in [2.75, 3.05) is 11.0 Å². The Morgan fingerprint density at radius 3 is 2.15 bits per heavy atom. The first-order valence-electron chi connectivity index (χ1n) is 8.34. The molecule has 7 heteroatoms. The van der Waals surface area contributed by atoms with Crippen LogP contribution in [0, 0.1) is 0 Å². The standard InChI is InChI=1S/C19H21BrN2O3S/c1-13(19(11-12-19)15-5-7-16(20)8-6-15)21-18(23)14-3-9-17(10-4-14)22-26(2,24)25/h3-10,13,22H,11-12H2,1-2H3,(H,21,23). The van der Waals surface area contributed by atoms with Crippen molar-refractivity contribution in [3.8, 4) is 0 Å². The average molecular weight is 437 g/mol. The van der Waals surface area contributed by atoms with Crippen molar-refractivity contribution in [2.45, 2.75) is 31.2 Å². The fraction of sp³-hybridized carbons (Fsp3) is 0.316. The van der Waals surface area contributed by atoms with Gasteiger partial charge < -0.3 is 5.32 Å². The maximum Gasteiger partial charge on any atom is 0.251 e. The van der Waals surface area contributed by atoms with E-state index < -0.39 is 10.0 Å². The lowest BCUT2D eigenvalue weighted by molar-refractivity contribution is 0.0932. The first-order valence-corrected chi connectivity index (χ1v) is 11.0. The van der Waals surface area contributed by atoms with Crippen molar-refractivity contribution >= 4 is 37.5 Å². The molecule has 3 rings (SSSR count). The Balaban J connectivity index is 1.68. The van der Waals surface area contributed by atoms with Crippen molar-refractivity contribution < 1.29 is 13.2 Å². The number of halogens is 1. The summed E-state index contributed by atoms with van der Waals surface area (Å²) in [6.07, 6.45) is 3.19. The van der Waals surface area contributed by atoms with E-state index in [1.807, 2.05) is 19.1 Å². The molecule has 0 bridgehead atoms. The number of amides is 1. The van der Waals surface area contributed by atoms with Gasteiger partial charge in [0.25, 0.3) is 5.91 Å². The van der Waals surface area contributed by atoms with Crippen molar-refractivity contribution in [3.05, 3.63) is 64.1 Å². The van der Waals surface area contributed by atoms with E-state index in [1.54, 1.807) is 24.3 Å². The highest BCUT2D eigenvalue weighted by molar-refractivity contribution is 9.10. The fourth-order valence-electron chi connectivity index (χ4n) is 3.21. The maximum absolute atomic E-state index is 12.6. The first kappa shape index (κ1) is 18.9. The van der Waals surface area contributed by atoms with Crippen LogP contribution in [-0.4, -0.2) is 26.6 Å². The number of anilines is 1. The number of benzene rings is 2. The van der Waals surface area contributed by atoms with Crippen LogP contribution in [0.3, 0.4) is 0 Å². The molecule has 2 aromatic rings. The first-order chi connectivity index (χ1) is 12.2. The third-order valence-electron chi connectivity index (χ3n) is 4.83. The molecule has 1 amide bonds. The molecule has 2 aromatic carbocycles. The van der Waals surface area contributed by atoms with E-state index in [1.165, 1.54) is 5.56 Å². The van der Waals surface area contributed by atoms with Crippen LogP contribution in [0.5, 0.6) is 0 Å². The molecule has 0 aromatic heterocycles. The molecule has 0 heterocycles. The Hall–Kier alpha value is -1.86. The van der Waals surface area contributed by atoms with Gasteiger partial charge in [-0.05, 0) is 61.7 Å². The van der Waals surface area contributed by atoms with Crippen LogP contribution in [0.15, 0.2) is 53.0 Å². The predicted octanol–water partition coefficient (Wildman–Crippen LogP) is 3.67. The lowest BCUT2D eigenvalue weighted by Crippen LogP contribution is -2.41. The van der Waals surface area contributed by atoms with E-state index in [2.05, 4.69) is 38.1 Å². The molecule has 26 heavy (non-hydrogen) atoms. The van der Waals surface area contributed by atoms with Gasteiger partial charge in [0.05, 0.1) is 6.26 Å². The number of nitrogens with one attached hydrogen (secondary N) is 2. The van der Waals surface area contributed by atoms with Gasteiger partial charge in [-0.3, -0.25) is 9.52 Å². The van der Waals surface area contributed by atoms with Crippen LogP contribution < -0.4 is 10.0 Å². The molecule has 1 fully saturated rings. The summed E-state index contributed by atoms with van der Waals surface area (Å²) in [5.41, 5.74) is 2.17. The largest absolute Gasteiger partial charge is 0.349 e. The topological polar surface area (TPSA) is 75.3 Å². The van der Waals surface area contributed by atoms with Crippen LogP contribution in [0.2, 0.25) is 0 Å². The number of rotatable bonds is 6. The van der Waals surface area contributed by atoms with E-state index in [0.29, 0.717) is 11.3 Å². The van der Waals surface area contributed by atoms with Gasteiger partial charge in [-0.1, -0.05) is 28.1 Å². The molecule has 1 aliphatic carbocycles. The van der Waals surface area contributed by atoms with E-state index in [-0.39, 0.29) is 17.4 Å². The van der Waals surface area contributed by atoms with Gasteiger partial charge in [-0.25, -0.2) is 8.42 Å². The second kappa shape index (κ2) is 7.04. The predicted molar refractivity (Wildman–Crippen MR) is 107 cm³/mol. The van der Waals surface area contributed by atoms with Gasteiger partial charge >= 0.3 is 0 Å². The molecule has 1 aliphatic rings. The molecule has 1 atom stereocenters. The lowest BCUT2D eigenvalue weighted by atomic mass is 9.89. The highest BCUT2D eigenvalue weighted by Gasteiger charge is 2.49. The summed E-state index contributed by atoms with van der Waals surface area (Å²) < 4.78 is 25.9. The van der Waals surface area contributed by atoms with Gasteiger partial charge in [0, 0.05) is 27.2 Å². The van der Waals surface area contributed by atoms with Gasteiger partial charge in [0.2, 0.25) is 10.0 Å². The number of sulfonamides is 1. The number of hydrogen-bond acceptors (Lipinski definition) is 3. The van der Waals surface area contributed by atoms with Gasteiger partial charge in [-0.2, -0.15) is 0 Å². The molecule has 0 radical (unpaired) electrons. The van der Waals surface area contributed by atoms with E-state index in [9.17, 15) is 13.2 Å². The molecular weight excluding hydrogens is 416 g/mol. The third kappa shape index (κ3) is 4.27. The van der Waals surface area contributed by atoms with Gasteiger partial charge in [0.1, 0.15) is 0 Å². The SMILES string of the molecule is CC(NC(=O)c1ccc(NS(C)(=O)=O)cc1)C1(c2ccc(Br)cc2)CC1. The molecule has 1 unspecified atom stereocenters. The summed E-state index contributed by atoms with van der Waals surface area (Å²) in [7, 11) is -3.33. The molecule has 0 spiro atoms. The Morgan fingerprint density at radius 1 is 1.08 bits per heavy atom. The second-order valence-corrected chi connectivity index (χ2v) is 9.47. The van der Waals surface area contributed by atoms with Crippen LogP contribution >= 0.6 is 15.9 Å². The summed E-state index contributed by atoms with van der Waals surface area (Å²) in [6, 6.07) is 14.7. The quantitative estimate of drug-likeness (QED) is 0.724. The van der Waals surface area contributed by atoms with Crippen LogP contribution in [0.1, 0.15) is 35.7 Å². The lowest BCUT2D eigenvalue weighted by Gasteiger charge is -2.25. The minimum Gasteiger partial charge on any atom is -0.349 e. The minimum absolute atomic E-state index is 0.00463. The number of carbonyl (C=O) groups is 1. The molecule has 5 nitrogen and oxygen atoms in total. The summed E-state index contributed by atoms with van der Waals surface area (Å²) >= 11 is 3.45. The van der Waals surface area contributed by atoms with Crippen molar-refractivity contribution in [3.63, 3.8) is 0 Å². The molecule has 138 valence electrons. The van der Waals surface area contributed by atoms with Crippen molar-refractivity contribution in [1.82, 2.24) is 5.32 Å². The summed E-state index contributed by atoms with van der Waals surface area (Å²) in [6.45, 7) is 2.03. The van der Waals surface area contributed by atoms with Gasteiger partial charge in [0.15, 0.2) is 0 Å². The second-order valence-electron chi connectivity index (χ2n) is 6.81. The smallest absolute Gasteiger partial charge is 0.251 e. The fourth-order valence-corrected chi connectivity index (χ4v) is 4.04. The molecule has 0 saturated heterocycles. The highest BCUT2D eigenvalue weighted by Crippen LogP contribution is 2.51. The van der Waals surface area contributed by atoms with Crippen LogP contribution in [0.25, 0.3) is 0 Å². The third-order valence-corrected chi connectivity index (χ3v) is 5.97. The zero-order valence-electron chi connectivity index (χ0n) is 14.6. The molecule has 1 saturated carbocycles. The van der Waals surface area contributed by atoms with E-state index in [4.69, 9.17) is 0 Å². The Labute approximate surface area is 162 Å². The van der Waals surface area contributed by atoms with Gasteiger partial charge in [-0.15, -0.1) is 0 Å². The normalized spacial score (nSPS) is 16.6. The van der Waals surface area contributed by atoms with E-state index >= 15 is 0 Å². The zero-order valence-corrected chi connectivity index (χ0v) is 17.0. The van der Waals surface area contributed by atoms with Crippen LogP contribution in [-0.2, 0) is 15.4 Å². The molecule has 0 aliphatic heterocycles. The number of carbonyl (C=O) groups excluding carboxylic acids is 1. The Bertz CT molecular complexity index is 905. The molecular formula is C19H21BrN2O3S. The maximum atomic E-state index is 12.6. The summed E-state index contributed by atoms with van der Waals surface area (Å²) in [5.74, 6) is -0.160. The highest BCUT2D eigenvalue weighted by atomic mass is 79.9. The summed E-state index contributed by atoms with van der Waals surface area (Å²) in [4.78, 5) is 12.6. The number of hydrogen-bond donors (Lipinski definition) is 2. The van der Waals surface area contributed by atoms with Crippen molar-refractivity contribution in [1.29, 1.82) is 0 Å². The van der Waals surface area contributed by atoms with E-state index in [0.717, 1.165) is 23.6 Å². The Kier molecular flexibility index (Phi) is 5.12. The Morgan fingerprint density at radius 2 is 1.65 bits per heavy atom. The van der Waals surface area contributed by atoms with Crippen LogP contribution in [0.4, 0.5) is 5.69 Å². The summed E-state index contributed by atoms with van der Waals surface area (Å²) in [5, 5.41) is 3.09. The minimum atomic E-state index is -3.33. The zero-order chi connectivity index (χ0) is 18.9. The monoisotopic (exact) mass is 436 g/mol. The average Bonchev–Trinajstić information content (AvgIpc) is 3.36.